The van der Waals surface area contributed by atoms with Gasteiger partial charge in [0, 0.05) is 6.54 Å². The lowest BCUT2D eigenvalue weighted by molar-refractivity contribution is 0.0518. The fourth-order valence-electron chi connectivity index (χ4n) is 1.67. The van der Waals surface area contributed by atoms with Gasteiger partial charge in [-0.3, -0.25) is 0 Å². The summed E-state index contributed by atoms with van der Waals surface area (Å²) in [6, 6.07) is 0. The van der Waals surface area contributed by atoms with E-state index in [1.165, 1.54) is 12.8 Å². The largest absolute Gasteiger partial charge is 0.461 e. The summed E-state index contributed by atoms with van der Waals surface area (Å²) in [6.07, 6.45) is 3.80. The van der Waals surface area contributed by atoms with Gasteiger partial charge in [0.15, 0.2) is 5.69 Å². The standard InChI is InChI=1S/C11H17N3O2/c1-3-16-11(15)10-8(2)14(13-12-10)7-6-9-4-5-9/h9H,3-7H2,1-2H3. The minimum atomic E-state index is -0.377. The van der Waals surface area contributed by atoms with Gasteiger partial charge in [0.1, 0.15) is 0 Å². The van der Waals surface area contributed by atoms with Crippen molar-refractivity contribution in [3.8, 4) is 0 Å². The maximum absolute atomic E-state index is 11.5. The summed E-state index contributed by atoms with van der Waals surface area (Å²) in [6.45, 7) is 4.86. The second-order valence-corrected chi connectivity index (χ2v) is 4.20. The van der Waals surface area contributed by atoms with Crippen LogP contribution in [0, 0.1) is 12.8 Å². The number of carbonyl (C=O) groups is 1. The number of rotatable bonds is 5. The second-order valence-electron chi connectivity index (χ2n) is 4.20. The van der Waals surface area contributed by atoms with Crippen LogP contribution in [0.2, 0.25) is 0 Å². The maximum Gasteiger partial charge on any atom is 0.360 e. The normalized spacial score (nSPS) is 15.1. The number of hydrogen-bond acceptors (Lipinski definition) is 4. The van der Waals surface area contributed by atoms with Crippen molar-refractivity contribution in [2.45, 2.75) is 39.7 Å². The first-order chi connectivity index (χ1) is 7.72. The van der Waals surface area contributed by atoms with Gasteiger partial charge in [-0.2, -0.15) is 0 Å². The van der Waals surface area contributed by atoms with Crippen LogP contribution in [0.1, 0.15) is 42.4 Å². The van der Waals surface area contributed by atoms with Crippen molar-refractivity contribution in [2.24, 2.45) is 5.92 Å². The highest BCUT2D eigenvalue weighted by Gasteiger charge is 2.22. The van der Waals surface area contributed by atoms with E-state index in [1.54, 1.807) is 11.6 Å². The first-order valence-electron chi connectivity index (χ1n) is 5.79. The Hall–Kier alpha value is -1.39. The quantitative estimate of drug-likeness (QED) is 0.711. The summed E-state index contributed by atoms with van der Waals surface area (Å²) < 4.78 is 6.70. The van der Waals surface area contributed by atoms with Crippen molar-refractivity contribution in [3.05, 3.63) is 11.4 Å². The third kappa shape index (κ3) is 2.40. The van der Waals surface area contributed by atoms with E-state index in [2.05, 4.69) is 10.3 Å². The van der Waals surface area contributed by atoms with E-state index in [4.69, 9.17) is 4.74 Å². The van der Waals surface area contributed by atoms with Crippen LogP contribution in [0.3, 0.4) is 0 Å². The number of aromatic nitrogens is 3. The van der Waals surface area contributed by atoms with Gasteiger partial charge >= 0.3 is 5.97 Å². The van der Waals surface area contributed by atoms with Crippen molar-refractivity contribution in [2.75, 3.05) is 6.61 Å². The SMILES string of the molecule is CCOC(=O)c1nnn(CCC2CC2)c1C. The third-order valence-electron chi connectivity index (χ3n) is 2.90. The first kappa shape index (κ1) is 11.1. The summed E-state index contributed by atoms with van der Waals surface area (Å²) in [4.78, 5) is 11.5. The van der Waals surface area contributed by atoms with Gasteiger partial charge in [0.05, 0.1) is 12.3 Å². The Balaban J connectivity index is 2.00. The molecule has 0 aromatic carbocycles. The lowest BCUT2D eigenvalue weighted by Crippen LogP contribution is -2.08. The molecule has 0 aliphatic heterocycles. The Morgan fingerprint density at radius 3 is 2.94 bits per heavy atom. The van der Waals surface area contributed by atoms with Gasteiger partial charge in [-0.25, -0.2) is 9.48 Å². The van der Waals surface area contributed by atoms with E-state index in [-0.39, 0.29) is 5.97 Å². The Morgan fingerprint density at radius 2 is 2.31 bits per heavy atom. The molecule has 0 unspecified atom stereocenters. The molecule has 0 bridgehead atoms. The van der Waals surface area contributed by atoms with Gasteiger partial charge in [0.25, 0.3) is 0 Å². The highest BCUT2D eigenvalue weighted by molar-refractivity contribution is 5.88. The molecular weight excluding hydrogens is 206 g/mol. The number of aryl methyl sites for hydroxylation is 1. The monoisotopic (exact) mass is 223 g/mol. The molecule has 0 radical (unpaired) electrons. The molecule has 5 nitrogen and oxygen atoms in total. The molecule has 1 aliphatic rings. The van der Waals surface area contributed by atoms with Gasteiger partial charge in [-0.15, -0.1) is 5.10 Å². The minimum absolute atomic E-state index is 0.345. The molecule has 1 aromatic rings. The molecule has 0 spiro atoms. The number of nitrogens with zero attached hydrogens (tertiary/aromatic N) is 3. The molecular formula is C11H17N3O2. The van der Waals surface area contributed by atoms with Crippen LogP contribution < -0.4 is 0 Å². The van der Waals surface area contributed by atoms with Gasteiger partial charge in [0.2, 0.25) is 0 Å². The molecule has 2 rings (SSSR count). The summed E-state index contributed by atoms with van der Waals surface area (Å²) in [5.74, 6) is 0.479. The minimum Gasteiger partial charge on any atom is -0.461 e. The van der Waals surface area contributed by atoms with E-state index in [9.17, 15) is 4.79 Å². The topological polar surface area (TPSA) is 57.0 Å². The molecule has 0 N–H and O–H groups in total. The lowest BCUT2D eigenvalue weighted by Gasteiger charge is -2.02. The van der Waals surface area contributed by atoms with Crippen LogP contribution in [0.25, 0.3) is 0 Å². The van der Waals surface area contributed by atoms with E-state index in [0.29, 0.717) is 12.3 Å². The van der Waals surface area contributed by atoms with Gasteiger partial charge < -0.3 is 4.74 Å². The molecule has 5 heteroatoms. The van der Waals surface area contributed by atoms with Crippen molar-refractivity contribution in [1.29, 1.82) is 0 Å². The van der Waals surface area contributed by atoms with E-state index >= 15 is 0 Å². The average Bonchev–Trinajstić information content (AvgIpc) is 3.01. The lowest BCUT2D eigenvalue weighted by atomic mass is 10.3. The molecule has 1 fully saturated rings. The van der Waals surface area contributed by atoms with E-state index < -0.39 is 0 Å². The summed E-state index contributed by atoms with van der Waals surface area (Å²) in [5.41, 5.74) is 1.15. The number of carbonyl (C=O) groups excluding carboxylic acids is 1. The number of hydrogen-bond donors (Lipinski definition) is 0. The van der Waals surface area contributed by atoms with E-state index in [1.807, 2.05) is 6.92 Å². The molecule has 0 saturated heterocycles. The predicted octanol–water partition coefficient (Wildman–Crippen LogP) is 1.56. The fourth-order valence-corrected chi connectivity index (χ4v) is 1.67. The predicted molar refractivity (Wildman–Crippen MR) is 58.1 cm³/mol. The average molecular weight is 223 g/mol. The molecule has 1 aromatic heterocycles. The zero-order chi connectivity index (χ0) is 11.5. The summed E-state index contributed by atoms with van der Waals surface area (Å²) >= 11 is 0. The van der Waals surface area contributed by atoms with Crippen LogP contribution in [0.5, 0.6) is 0 Å². The Bertz CT molecular complexity index is 383. The van der Waals surface area contributed by atoms with Crippen LogP contribution in [0.4, 0.5) is 0 Å². The van der Waals surface area contributed by atoms with Crippen molar-refractivity contribution >= 4 is 5.97 Å². The second kappa shape index (κ2) is 4.63. The summed E-state index contributed by atoms with van der Waals surface area (Å²) in [7, 11) is 0. The Morgan fingerprint density at radius 1 is 1.56 bits per heavy atom. The highest BCUT2D eigenvalue weighted by Crippen LogP contribution is 2.32. The maximum atomic E-state index is 11.5. The molecule has 0 amide bonds. The molecule has 0 atom stereocenters. The number of esters is 1. The van der Waals surface area contributed by atoms with Crippen LogP contribution >= 0.6 is 0 Å². The van der Waals surface area contributed by atoms with Gasteiger partial charge in [-0.05, 0) is 26.2 Å². The number of ether oxygens (including phenoxy) is 1. The summed E-state index contributed by atoms with van der Waals surface area (Å²) in [5, 5.41) is 7.86. The molecule has 88 valence electrons. The van der Waals surface area contributed by atoms with E-state index in [0.717, 1.165) is 24.6 Å². The molecule has 1 saturated carbocycles. The third-order valence-corrected chi connectivity index (χ3v) is 2.90. The van der Waals surface area contributed by atoms with Crippen LogP contribution in [-0.4, -0.2) is 27.6 Å². The smallest absolute Gasteiger partial charge is 0.360 e. The Kier molecular flexibility index (Phi) is 3.22. The first-order valence-corrected chi connectivity index (χ1v) is 5.79. The zero-order valence-electron chi connectivity index (χ0n) is 9.77. The Labute approximate surface area is 94.8 Å². The van der Waals surface area contributed by atoms with Crippen molar-refractivity contribution < 1.29 is 9.53 Å². The zero-order valence-corrected chi connectivity index (χ0v) is 9.77. The van der Waals surface area contributed by atoms with Gasteiger partial charge in [-0.1, -0.05) is 18.1 Å². The van der Waals surface area contributed by atoms with Crippen molar-refractivity contribution in [3.63, 3.8) is 0 Å². The highest BCUT2D eigenvalue weighted by atomic mass is 16.5. The van der Waals surface area contributed by atoms with Crippen LogP contribution in [-0.2, 0) is 11.3 Å². The van der Waals surface area contributed by atoms with Crippen LogP contribution in [0.15, 0.2) is 0 Å². The van der Waals surface area contributed by atoms with Crippen molar-refractivity contribution in [1.82, 2.24) is 15.0 Å². The molecule has 1 heterocycles. The molecule has 16 heavy (non-hydrogen) atoms. The fraction of sp³-hybridized carbons (Fsp3) is 0.727. The molecule has 1 aliphatic carbocycles.